The molecule has 4 aromatic rings. The van der Waals surface area contributed by atoms with Gasteiger partial charge in [-0.05, 0) is 48.4 Å². The van der Waals surface area contributed by atoms with Crippen molar-refractivity contribution in [2.75, 3.05) is 7.05 Å². The number of pyridine rings is 1. The summed E-state index contributed by atoms with van der Waals surface area (Å²) >= 11 is 7.53. The summed E-state index contributed by atoms with van der Waals surface area (Å²) in [5.41, 5.74) is 6.47. The molecular weight excluding hydrogens is 448 g/mol. The van der Waals surface area contributed by atoms with Crippen LogP contribution in [-0.2, 0) is 6.54 Å². The lowest BCUT2D eigenvalue weighted by atomic mass is 9.97. The number of nitrogens with zero attached hydrogens (tertiary/aromatic N) is 2. The van der Waals surface area contributed by atoms with Gasteiger partial charge in [-0.15, -0.1) is 0 Å². The summed E-state index contributed by atoms with van der Waals surface area (Å²) in [5, 5.41) is 7.21. The van der Waals surface area contributed by atoms with Crippen molar-refractivity contribution in [3.63, 3.8) is 0 Å². The van der Waals surface area contributed by atoms with Crippen LogP contribution in [0.4, 0.5) is 0 Å². The van der Waals surface area contributed by atoms with E-state index in [9.17, 15) is 0 Å². The van der Waals surface area contributed by atoms with Gasteiger partial charge in [-0.25, -0.2) is 0 Å². The summed E-state index contributed by atoms with van der Waals surface area (Å²) in [5.74, 6) is 0.711. The van der Waals surface area contributed by atoms with Crippen molar-refractivity contribution >= 4 is 29.5 Å². The average molecular weight is 473 g/mol. The van der Waals surface area contributed by atoms with Crippen molar-refractivity contribution in [1.29, 1.82) is 0 Å². The Hall–Kier alpha value is -3.28. The Kier molecular flexibility index (Phi) is 7.66. The van der Waals surface area contributed by atoms with Crippen LogP contribution in [0.2, 0.25) is 5.02 Å². The predicted octanol–water partition coefficient (Wildman–Crippen LogP) is 6.75. The maximum absolute atomic E-state index is 6.10. The van der Waals surface area contributed by atoms with Crippen molar-refractivity contribution in [3.8, 4) is 22.4 Å². The van der Waals surface area contributed by atoms with Crippen LogP contribution in [-0.4, -0.2) is 18.0 Å². The van der Waals surface area contributed by atoms with Crippen LogP contribution in [0.15, 0.2) is 100 Å². The molecule has 1 aromatic heterocycles. The molecule has 0 saturated carbocycles. The predicted molar refractivity (Wildman–Crippen MR) is 140 cm³/mol. The number of aryl methyl sites for hydroxylation is 1. The molecule has 0 bridgehead atoms. The lowest BCUT2D eigenvalue weighted by molar-refractivity contribution is 0.869. The highest BCUT2D eigenvalue weighted by Gasteiger charge is 2.11. The Morgan fingerprint density at radius 2 is 1.64 bits per heavy atom. The molecule has 0 radical (unpaired) electrons. The van der Waals surface area contributed by atoms with Crippen LogP contribution >= 0.6 is 23.5 Å². The lowest BCUT2D eigenvalue weighted by Gasteiger charge is -2.14. The fourth-order valence-corrected chi connectivity index (χ4v) is 4.08. The van der Waals surface area contributed by atoms with E-state index in [-0.39, 0.29) is 0 Å². The fraction of sp³-hybridized carbons (Fsp3) is 0.111. The van der Waals surface area contributed by atoms with Crippen molar-refractivity contribution < 1.29 is 0 Å². The smallest absolute Gasteiger partial charge is 0.203 e. The van der Waals surface area contributed by atoms with Crippen molar-refractivity contribution in [3.05, 3.63) is 107 Å². The standard InChI is InChI=1S/C27H25ClN4S/c1-19-8-10-21(11-9-19)25-16-20(17-30-26(25)22-12-14-23(28)15-13-22)18-31-27(29-2)32-33-24-6-4-3-5-7-24/h3-17H,18H2,1-2H3,(H2,29,31,32). The first kappa shape index (κ1) is 22.9. The summed E-state index contributed by atoms with van der Waals surface area (Å²) < 4.78 is 4.57. The Morgan fingerprint density at radius 3 is 2.33 bits per heavy atom. The second kappa shape index (κ2) is 11.0. The lowest BCUT2D eigenvalue weighted by Crippen LogP contribution is -2.33. The number of rotatable bonds is 6. The van der Waals surface area contributed by atoms with Crippen LogP contribution in [0.1, 0.15) is 11.1 Å². The number of benzene rings is 3. The highest BCUT2D eigenvalue weighted by Crippen LogP contribution is 2.32. The average Bonchev–Trinajstić information content (AvgIpc) is 2.86. The van der Waals surface area contributed by atoms with Gasteiger partial charge in [-0.3, -0.25) is 4.98 Å². The van der Waals surface area contributed by atoms with Crippen molar-refractivity contribution in [2.45, 2.75) is 18.4 Å². The van der Waals surface area contributed by atoms with Crippen molar-refractivity contribution in [2.24, 2.45) is 4.40 Å². The van der Waals surface area contributed by atoms with Gasteiger partial charge in [0.2, 0.25) is 5.96 Å². The molecule has 1 heterocycles. The van der Waals surface area contributed by atoms with E-state index >= 15 is 0 Å². The maximum atomic E-state index is 6.10. The van der Waals surface area contributed by atoms with Crippen LogP contribution in [0.3, 0.4) is 0 Å². The molecule has 0 unspecified atom stereocenters. The van der Waals surface area contributed by atoms with E-state index in [0.717, 1.165) is 32.8 Å². The summed E-state index contributed by atoms with van der Waals surface area (Å²) in [4.78, 5) is 5.91. The van der Waals surface area contributed by atoms with Crippen LogP contribution in [0.25, 0.3) is 22.4 Å². The third kappa shape index (κ3) is 6.15. The Balaban J connectivity index is 1.59. The molecule has 0 fully saturated rings. The second-order valence-corrected chi connectivity index (χ2v) is 8.83. The van der Waals surface area contributed by atoms with E-state index < -0.39 is 0 Å². The molecule has 0 saturated heterocycles. The first-order valence-electron chi connectivity index (χ1n) is 10.7. The number of hydrogen-bond donors (Lipinski definition) is 2. The summed E-state index contributed by atoms with van der Waals surface area (Å²) in [6, 6.07) is 28.6. The van der Waals surface area contributed by atoms with Crippen LogP contribution in [0, 0.1) is 6.92 Å². The van der Waals surface area contributed by atoms with E-state index in [1.807, 2.05) is 67.8 Å². The molecule has 4 nitrogen and oxygen atoms in total. The highest BCUT2D eigenvalue weighted by molar-refractivity contribution is 7.98. The van der Waals surface area contributed by atoms with E-state index in [4.69, 9.17) is 16.6 Å². The normalized spacial score (nSPS) is 11.3. The van der Waals surface area contributed by atoms with Gasteiger partial charge in [-0.1, -0.05) is 71.8 Å². The second-order valence-electron chi connectivity index (χ2n) is 7.56. The first-order valence-corrected chi connectivity index (χ1v) is 11.8. The SMILES string of the molecule is CN/C(=N\Sc1ccccc1)NCc1cnc(-c2ccc(Cl)cc2)c(-c2ccc(C)cc2)c1. The monoisotopic (exact) mass is 472 g/mol. The molecule has 4 rings (SSSR count). The van der Waals surface area contributed by atoms with E-state index in [2.05, 4.69) is 52.3 Å². The summed E-state index contributed by atoms with van der Waals surface area (Å²) in [6.07, 6.45) is 1.91. The zero-order valence-corrected chi connectivity index (χ0v) is 20.1. The number of guanidine groups is 1. The zero-order valence-electron chi connectivity index (χ0n) is 18.5. The van der Waals surface area contributed by atoms with Gasteiger partial charge in [0.25, 0.3) is 0 Å². The third-order valence-corrected chi connectivity index (χ3v) is 6.12. The van der Waals surface area contributed by atoms with E-state index in [1.54, 1.807) is 0 Å². The van der Waals surface area contributed by atoms with Gasteiger partial charge in [0.15, 0.2) is 0 Å². The molecule has 0 aliphatic heterocycles. The molecule has 0 amide bonds. The fourth-order valence-electron chi connectivity index (χ4n) is 3.33. The van der Waals surface area contributed by atoms with Gasteiger partial charge >= 0.3 is 0 Å². The topological polar surface area (TPSA) is 49.3 Å². The maximum Gasteiger partial charge on any atom is 0.203 e. The molecule has 3 aromatic carbocycles. The van der Waals surface area contributed by atoms with Gasteiger partial charge < -0.3 is 10.6 Å². The molecule has 6 heteroatoms. The highest BCUT2D eigenvalue weighted by atomic mass is 35.5. The molecule has 2 N–H and O–H groups in total. The van der Waals surface area contributed by atoms with E-state index in [0.29, 0.717) is 17.5 Å². The van der Waals surface area contributed by atoms with E-state index in [1.165, 1.54) is 17.5 Å². The molecule has 0 aliphatic rings. The Morgan fingerprint density at radius 1 is 0.939 bits per heavy atom. The molecule has 33 heavy (non-hydrogen) atoms. The number of halogens is 1. The number of nitrogens with one attached hydrogen (secondary N) is 2. The molecule has 0 aliphatic carbocycles. The minimum atomic E-state index is 0.599. The largest absolute Gasteiger partial charge is 0.359 e. The first-order chi connectivity index (χ1) is 16.1. The van der Waals surface area contributed by atoms with Crippen LogP contribution < -0.4 is 10.6 Å². The van der Waals surface area contributed by atoms with Gasteiger partial charge in [0, 0.05) is 52.8 Å². The molecule has 0 spiro atoms. The number of aromatic nitrogens is 1. The van der Waals surface area contributed by atoms with Crippen molar-refractivity contribution in [1.82, 2.24) is 15.6 Å². The van der Waals surface area contributed by atoms with Crippen LogP contribution in [0.5, 0.6) is 0 Å². The minimum Gasteiger partial charge on any atom is -0.359 e. The van der Waals surface area contributed by atoms with Gasteiger partial charge in [0.05, 0.1) is 5.69 Å². The van der Waals surface area contributed by atoms with Gasteiger partial charge in [0.1, 0.15) is 0 Å². The molecule has 166 valence electrons. The summed E-state index contributed by atoms with van der Waals surface area (Å²) in [6.45, 7) is 2.69. The quantitative estimate of drug-likeness (QED) is 0.185. The number of hydrogen-bond acceptors (Lipinski definition) is 3. The third-order valence-electron chi connectivity index (χ3n) is 5.11. The zero-order chi connectivity index (χ0) is 23.0. The van der Waals surface area contributed by atoms with Gasteiger partial charge in [-0.2, -0.15) is 4.40 Å². The Bertz CT molecular complexity index is 1220. The molecule has 0 atom stereocenters. The summed E-state index contributed by atoms with van der Waals surface area (Å²) in [7, 11) is 1.86. The molecular formula is C27H25ClN4S. The Labute approximate surface area is 204 Å². The minimum absolute atomic E-state index is 0.599.